The van der Waals surface area contributed by atoms with Gasteiger partial charge >= 0.3 is 0 Å². The van der Waals surface area contributed by atoms with Gasteiger partial charge in [0.1, 0.15) is 0 Å². The van der Waals surface area contributed by atoms with Gasteiger partial charge < -0.3 is 4.52 Å². The highest BCUT2D eigenvalue weighted by atomic mass is 32.2. The molecule has 0 radical (unpaired) electrons. The van der Waals surface area contributed by atoms with Gasteiger partial charge in [-0.2, -0.15) is 9.29 Å². The van der Waals surface area contributed by atoms with Crippen LogP contribution in [-0.2, 0) is 16.6 Å². The molecule has 2 rings (SSSR count). The number of hydrogen-bond donors (Lipinski definition) is 0. The van der Waals surface area contributed by atoms with Crippen molar-refractivity contribution in [3.8, 4) is 11.4 Å². The van der Waals surface area contributed by atoms with Crippen molar-refractivity contribution in [1.82, 2.24) is 14.4 Å². The molecular formula is C14H19N3O3S. The summed E-state index contributed by atoms with van der Waals surface area (Å²) >= 11 is 0. The highest BCUT2D eigenvalue weighted by Gasteiger charge is 2.16. The zero-order valence-corrected chi connectivity index (χ0v) is 13.4. The Bertz CT molecular complexity index is 705. The average molecular weight is 309 g/mol. The van der Waals surface area contributed by atoms with Crippen LogP contribution in [0.5, 0.6) is 0 Å². The Balaban J connectivity index is 2.16. The number of benzene rings is 1. The van der Waals surface area contributed by atoms with E-state index >= 15 is 0 Å². The molecule has 0 saturated carbocycles. The molecule has 0 aliphatic heterocycles. The smallest absolute Gasteiger partial charge is 0.242 e. The maximum atomic E-state index is 11.3. The monoisotopic (exact) mass is 309 g/mol. The van der Waals surface area contributed by atoms with Gasteiger partial charge in [0.2, 0.25) is 21.7 Å². The Kier molecular flexibility index (Phi) is 4.43. The highest BCUT2D eigenvalue weighted by molar-refractivity contribution is 7.88. The van der Waals surface area contributed by atoms with Crippen LogP contribution in [-0.4, -0.2) is 36.2 Å². The molecule has 1 heterocycles. The third-order valence-corrected chi connectivity index (χ3v) is 4.49. The summed E-state index contributed by atoms with van der Waals surface area (Å²) in [6.45, 7) is 4.32. The second-order valence-electron chi connectivity index (χ2n) is 5.31. The second-order valence-corrected chi connectivity index (χ2v) is 7.40. The molecule has 114 valence electrons. The van der Waals surface area contributed by atoms with Gasteiger partial charge in [0.05, 0.1) is 12.8 Å². The van der Waals surface area contributed by atoms with Crippen LogP contribution in [0.15, 0.2) is 28.8 Å². The molecule has 0 aliphatic rings. The minimum absolute atomic E-state index is 0.0654. The zero-order chi connectivity index (χ0) is 15.6. The van der Waals surface area contributed by atoms with Crippen LogP contribution >= 0.6 is 0 Å². The van der Waals surface area contributed by atoms with Crippen LogP contribution in [0.1, 0.15) is 31.2 Å². The van der Waals surface area contributed by atoms with Crippen molar-refractivity contribution >= 4 is 10.0 Å². The molecule has 21 heavy (non-hydrogen) atoms. The van der Waals surface area contributed by atoms with E-state index in [1.54, 1.807) is 0 Å². The summed E-state index contributed by atoms with van der Waals surface area (Å²) in [5.74, 6) is 1.19. The third kappa shape index (κ3) is 3.89. The van der Waals surface area contributed by atoms with E-state index < -0.39 is 10.0 Å². The number of hydrogen-bond acceptors (Lipinski definition) is 5. The van der Waals surface area contributed by atoms with Gasteiger partial charge in [-0.15, -0.1) is 0 Å². The van der Waals surface area contributed by atoms with Gasteiger partial charge in [0.15, 0.2) is 0 Å². The summed E-state index contributed by atoms with van der Waals surface area (Å²) < 4.78 is 29.0. The first-order valence-electron chi connectivity index (χ1n) is 6.61. The molecule has 0 amide bonds. The molecule has 1 aromatic heterocycles. The first-order chi connectivity index (χ1) is 9.77. The zero-order valence-electron chi connectivity index (χ0n) is 12.6. The molecule has 7 heteroatoms. The van der Waals surface area contributed by atoms with Crippen LogP contribution in [0.4, 0.5) is 0 Å². The number of rotatable bonds is 5. The normalized spacial score (nSPS) is 12.3. The maximum absolute atomic E-state index is 11.3. The van der Waals surface area contributed by atoms with E-state index in [-0.39, 0.29) is 12.4 Å². The minimum Gasteiger partial charge on any atom is -0.338 e. The molecule has 1 aromatic carbocycles. The Morgan fingerprint density at radius 1 is 1.24 bits per heavy atom. The summed E-state index contributed by atoms with van der Waals surface area (Å²) in [7, 11) is -1.80. The van der Waals surface area contributed by atoms with Crippen LogP contribution < -0.4 is 0 Å². The first kappa shape index (κ1) is 15.7. The molecule has 0 atom stereocenters. The number of aromatic nitrogens is 2. The van der Waals surface area contributed by atoms with Crippen LogP contribution in [0.2, 0.25) is 0 Å². The van der Waals surface area contributed by atoms with E-state index in [1.807, 2.05) is 24.3 Å². The molecule has 6 nitrogen and oxygen atoms in total. The molecule has 2 aromatic rings. The van der Waals surface area contributed by atoms with E-state index in [4.69, 9.17) is 4.52 Å². The fraction of sp³-hybridized carbons (Fsp3) is 0.429. The largest absolute Gasteiger partial charge is 0.338 e. The van der Waals surface area contributed by atoms with E-state index in [1.165, 1.54) is 12.6 Å². The molecule has 0 bridgehead atoms. The van der Waals surface area contributed by atoms with Crippen LogP contribution in [0, 0.1) is 0 Å². The Morgan fingerprint density at radius 3 is 2.38 bits per heavy atom. The Morgan fingerprint density at radius 2 is 1.86 bits per heavy atom. The van der Waals surface area contributed by atoms with Gasteiger partial charge in [-0.25, -0.2) is 8.42 Å². The Hall–Kier alpha value is -1.73. The molecular weight excluding hydrogens is 290 g/mol. The first-order valence-corrected chi connectivity index (χ1v) is 8.46. The summed E-state index contributed by atoms with van der Waals surface area (Å²) in [6, 6.07) is 7.92. The van der Waals surface area contributed by atoms with Crippen molar-refractivity contribution < 1.29 is 12.9 Å². The highest BCUT2D eigenvalue weighted by Crippen LogP contribution is 2.20. The van der Waals surface area contributed by atoms with Crippen molar-refractivity contribution in [2.45, 2.75) is 26.3 Å². The summed E-state index contributed by atoms with van der Waals surface area (Å²) in [4.78, 5) is 4.22. The van der Waals surface area contributed by atoms with Gasteiger partial charge in [-0.3, -0.25) is 0 Å². The molecule has 0 aliphatic carbocycles. The predicted molar refractivity (Wildman–Crippen MR) is 80.1 cm³/mol. The van der Waals surface area contributed by atoms with Crippen molar-refractivity contribution in [3.63, 3.8) is 0 Å². The molecule has 0 spiro atoms. The lowest BCUT2D eigenvalue weighted by Gasteiger charge is -2.09. The number of nitrogens with zero attached hydrogens (tertiary/aromatic N) is 3. The average Bonchev–Trinajstić information content (AvgIpc) is 2.86. The topological polar surface area (TPSA) is 76.3 Å². The fourth-order valence-corrected chi connectivity index (χ4v) is 2.11. The van der Waals surface area contributed by atoms with Crippen LogP contribution in [0.3, 0.4) is 0 Å². The standard InChI is InChI=1S/C14H19N3O3S/c1-10(2)11-5-7-12(8-6-11)14-15-13(20-16-14)9-17(3)21(4,18)19/h5-8,10H,9H2,1-4H3. The number of sulfonamides is 1. The van der Waals surface area contributed by atoms with E-state index in [9.17, 15) is 8.42 Å². The molecule has 0 unspecified atom stereocenters. The lowest BCUT2D eigenvalue weighted by atomic mass is 10.0. The predicted octanol–water partition coefficient (Wildman–Crippen LogP) is 2.25. The van der Waals surface area contributed by atoms with Crippen LogP contribution in [0.25, 0.3) is 11.4 Å². The fourth-order valence-electron chi connectivity index (χ4n) is 1.76. The molecule has 0 N–H and O–H groups in total. The maximum Gasteiger partial charge on any atom is 0.242 e. The van der Waals surface area contributed by atoms with Gasteiger partial charge in [0.25, 0.3) is 0 Å². The van der Waals surface area contributed by atoms with Gasteiger partial charge in [-0.1, -0.05) is 43.3 Å². The van der Waals surface area contributed by atoms with Gasteiger partial charge in [0, 0.05) is 12.6 Å². The minimum atomic E-state index is -3.27. The van der Waals surface area contributed by atoms with E-state index in [0.29, 0.717) is 11.7 Å². The summed E-state index contributed by atoms with van der Waals surface area (Å²) in [5, 5.41) is 3.89. The summed E-state index contributed by atoms with van der Waals surface area (Å²) in [6.07, 6.45) is 1.13. The second kappa shape index (κ2) is 5.95. The van der Waals surface area contributed by atoms with Crippen molar-refractivity contribution in [2.24, 2.45) is 0 Å². The Labute approximate surface area is 124 Å². The van der Waals surface area contributed by atoms with Crippen molar-refractivity contribution in [2.75, 3.05) is 13.3 Å². The third-order valence-electron chi connectivity index (χ3n) is 3.23. The SMILES string of the molecule is CC(C)c1ccc(-c2noc(CN(C)S(C)(=O)=O)n2)cc1. The summed E-state index contributed by atoms with van der Waals surface area (Å²) in [5.41, 5.74) is 2.08. The van der Waals surface area contributed by atoms with E-state index in [2.05, 4.69) is 24.0 Å². The van der Waals surface area contributed by atoms with Crippen molar-refractivity contribution in [1.29, 1.82) is 0 Å². The molecule has 0 saturated heterocycles. The molecule has 0 fully saturated rings. The lowest BCUT2D eigenvalue weighted by Crippen LogP contribution is -2.25. The van der Waals surface area contributed by atoms with Gasteiger partial charge in [-0.05, 0) is 11.5 Å². The lowest BCUT2D eigenvalue weighted by molar-refractivity contribution is 0.337. The van der Waals surface area contributed by atoms with E-state index in [0.717, 1.165) is 16.1 Å². The van der Waals surface area contributed by atoms with Crippen molar-refractivity contribution in [3.05, 3.63) is 35.7 Å². The quantitative estimate of drug-likeness (QED) is 0.846.